The molecule has 1 heterocycles. The Hall–Kier alpha value is -2.31. The zero-order chi connectivity index (χ0) is 15.6. The lowest BCUT2D eigenvalue weighted by atomic mass is 10.1. The van der Waals surface area contributed by atoms with Gasteiger partial charge in [-0.05, 0) is 31.0 Å². The van der Waals surface area contributed by atoms with Gasteiger partial charge in [0.25, 0.3) is 0 Å². The number of nitrogens with zero attached hydrogens (tertiary/aromatic N) is 2. The number of aryl methyl sites for hydroxylation is 1. The van der Waals surface area contributed by atoms with Crippen LogP contribution in [0.3, 0.4) is 0 Å². The van der Waals surface area contributed by atoms with E-state index in [1.165, 1.54) is 13.1 Å². The Labute approximate surface area is 120 Å². The van der Waals surface area contributed by atoms with Crippen LogP contribution in [0, 0.1) is 13.8 Å². The SMILES string of the molecule is CNc1cc(Oc2cccc(C)c2C)nc(C(F)(F)F)n1. The number of halogens is 3. The first kappa shape index (κ1) is 15.1. The van der Waals surface area contributed by atoms with E-state index in [9.17, 15) is 13.2 Å². The van der Waals surface area contributed by atoms with Crippen molar-refractivity contribution in [2.75, 3.05) is 12.4 Å². The van der Waals surface area contributed by atoms with Crippen molar-refractivity contribution in [1.82, 2.24) is 9.97 Å². The average Bonchev–Trinajstić information content (AvgIpc) is 2.42. The van der Waals surface area contributed by atoms with E-state index < -0.39 is 12.0 Å². The monoisotopic (exact) mass is 297 g/mol. The number of alkyl halides is 3. The number of anilines is 1. The lowest BCUT2D eigenvalue weighted by molar-refractivity contribution is -0.145. The molecule has 0 aliphatic carbocycles. The van der Waals surface area contributed by atoms with Crippen LogP contribution in [0.5, 0.6) is 11.6 Å². The maximum atomic E-state index is 12.8. The summed E-state index contributed by atoms with van der Waals surface area (Å²) < 4.78 is 43.8. The standard InChI is InChI=1S/C14H14F3N3O/c1-8-5-4-6-10(9(8)2)21-12-7-11(18-3)19-13(20-12)14(15,16)17/h4-7H,1-3H3,(H,18,19,20). The highest BCUT2D eigenvalue weighted by Crippen LogP contribution is 2.31. The zero-order valence-corrected chi connectivity index (χ0v) is 11.7. The third-order valence-corrected chi connectivity index (χ3v) is 2.98. The third kappa shape index (κ3) is 3.42. The number of nitrogens with one attached hydrogen (secondary N) is 1. The average molecular weight is 297 g/mol. The summed E-state index contributed by atoms with van der Waals surface area (Å²) in [5.41, 5.74) is 1.82. The minimum absolute atomic E-state index is 0.0395. The molecular formula is C14H14F3N3O. The van der Waals surface area contributed by atoms with E-state index in [0.717, 1.165) is 11.1 Å². The van der Waals surface area contributed by atoms with Gasteiger partial charge in [-0.3, -0.25) is 0 Å². The fourth-order valence-corrected chi connectivity index (χ4v) is 1.68. The van der Waals surface area contributed by atoms with Crippen LogP contribution >= 0.6 is 0 Å². The van der Waals surface area contributed by atoms with Crippen LogP contribution < -0.4 is 10.1 Å². The van der Waals surface area contributed by atoms with Crippen LogP contribution in [0.2, 0.25) is 0 Å². The van der Waals surface area contributed by atoms with Crippen LogP contribution in [0.1, 0.15) is 17.0 Å². The predicted molar refractivity (Wildman–Crippen MR) is 72.6 cm³/mol. The van der Waals surface area contributed by atoms with E-state index in [2.05, 4.69) is 15.3 Å². The van der Waals surface area contributed by atoms with Gasteiger partial charge in [0.15, 0.2) is 0 Å². The Morgan fingerprint density at radius 3 is 2.48 bits per heavy atom. The normalized spacial score (nSPS) is 11.3. The van der Waals surface area contributed by atoms with Gasteiger partial charge in [-0.1, -0.05) is 12.1 Å². The summed E-state index contributed by atoms with van der Waals surface area (Å²) in [7, 11) is 1.48. The maximum absolute atomic E-state index is 12.8. The number of ether oxygens (including phenoxy) is 1. The maximum Gasteiger partial charge on any atom is 0.451 e. The second kappa shape index (κ2) is 5.59. The Kier molecular flexibility index (Phi) is 4.02. The molecule has 0 unspecified atom stereocenters. The fraction of sp³-hybridized carbons (Fsp3) is 0.286. The van der Waals surface area contributed by atoms with Gasteiger partial charge in [0.05, 0.1) is 0 Å². The molecule has 112 valence electrons. The fourth-order valence-electron chi connectivity index (χ4n) is 1.68. The molecule has 0 aliphatic rings. The Balaban J connectivity index is 2.42. The second-order valence-electron chi connectivity index (χ2n) is 4.46. The van der Waals surface area contributed by atoms with Gasteiger partial charge in [-0.25, -0.2) is 4.98 Å². The number of benzene rings is 1. The second-order valence-corrected chi connectivity index (χ2v) is 4.46. The highest BCUT2D eigenvalue weighted by atomic mass is 19.4. The van der Waals surface area contributed by atoms with Crippen molar-refractivity contribution in [3.05, 3.63) is 41.2 Å². The minimum atomic E-state index is -4.63. The van der Waals surface area contributed by atoms with Crippen molar-refractivity contribution in [2.24, 2.45) is 0 Å². The molecule has 2 rings (SSSR count). The smallest absolute Gasteiger partial charge is 0.439 e. The van der Waals surface area contributed by atoms with Gasteiger partial charge in [0.1, 0.15) is 11.6 Å². The summed E-state index contributed by atoms with van der Waals surface area (Å²) >= 11 is 0. The van der Waals surface area contributed by atoms with E-state index in [0.29, 0.717) is 5.75 Å². The van der Waals surface area contributed by atoms with Crippen LogP contribution in [0.15, 0.2) is 24.3 Å². The third-order valence-electron chi connectivity index (χ3n) is 2.98. The summed E-state index contributed by atoms with van der Waals surface area (Å²) in [5, 5.41) is 2.56. The molecule has 1 aromatic carbocycles. The van der Waals surface area contributed by atoms with Gasteiger partial charge < -0.3 is 10.1 Å². The zero-order valence-electron chi connectivity index (χ0n) is 11.7. The van der Waals surface area contributed by atoms with Crippen molar-refractivity contribution >= 4 is 5.82 Å². The number of rotatable bonds is 3. The largest absolute Gasteiger partial charge is 0.451 e. The molecule has 7 heteroatoms. The van der Waals surface area contributed by atoms with Gasteiger partial charge in [0, 0.05) is 13.1 Å². The molecule has 0 amide bonds. The van der Waals surface area contributed by atoms with Crippen LogP contribution in [0.25, 0.3) is 0 Å². The first-order valence-corrected chi connectivity index (χ1v) is 6.19. The molecule has 1 aromatic heterocycles. The van der Waals surface area contributed by atoms with E-state index >= 15 is 0 Å². The van der Waals surface area contributed by atoms with Crippen molar-refractivity contribution in [2.45, 2.75) is 20.0 Å². The van der Waals surface area contributed by atoms with E-state index in [-0.39, 0.29) is 11.7 Å². The Bertz CT molecular complexity index is 656. The number of hydrogen-bond donors (Lipinski definition) is 1. The van der Waals surface area contributed by atoms with Crippen molar-refractivity contribution in [3.8, 4) is 11.6 Å². The summed E-state index contributed by atoms with van der Waals surface area (Å²) in [6.07, 6.45) is -4.63. The van der Waals surface area contributed by atoms with Gasteiger partial charge >= 0.3 is 6.18 Å². The minimum Gasteiger partial charge on any atom is -0.439 e. The molecule has 4 nitrogen and oxygen atoms in total. The van der Waals surface area contributed by atoms with Crippen LogP contribution in [-0.2, 0) is 6.18 Å². The molecule has 21 heavy (non-hydrogen) atoms. The first-order chi connectivity index (χ1) is 9.81. The molecule has 1 N–H and O–H groups in total. The number of aromatic nitrogens is 2. The molecule has 0 saturated carbocycles. The van der Waals surface area contributed by atoms with Gasteiger partial charge in [-0.2, -0.15) is 18.2 Å². The summed E-state index contributed by atoms with van der Waals surface area (Å²) in [6, 6.07) is 6.65. The Morgan fingerprint density at radius 2 is 1.86 bits per heavy atom. The molecule has 0 fully saturated rings. The molecule has 0 radical (unpaired) electrons. The molecule has 0 bridgehead atoms. The summed E-state index contributed by atoms with van der Waals surface area (Å²) in [6.45, 7) is 3.72. The summed E-state index contributed by atoms with van der Waals surface area (Å²) in [4.78, 5) is 6.80. The predicted octanol–water partition coefficient (Wildman–Crippen LogP) is 3.95. The highest BCUT2D eigenvalue weighted by molar-refractivity contribution is 5.43. The molecule has 0 aliphatic heterocycles. The van der Waals surface area contributed by atoms with Crippen molar-refractivity contribution in [3.63, 3.8) is 0 Å². The summed E-state index contributed by atoms with van der Waals surface area (Å²) in [5.74, 6) is -0.897. The lowest BCUT2D eigenvalue weighted by Gasteiger charge is -2.12. The Morgan fingerprint density at radius 1 is 1.14 bits per heavy atom. The quantitative estimate of drug-likeness (QED) is 0.932. The topological polar surface area (TPSA) is 47.0 Å². The molecular weight excluding hydrogens is 283 g/mol. The van der Waals surface area contributed by atoms with Crippen LogP contribution in [-0.4, -0.2) is 17.0 Å². The highest BCUT2D eigenvalue weighted by Gasteiger charge is 2.35. The molecule has 0 spiro atoms. The first-order valence-electron chi connectivity index (χ1n) is 6.19. The van der Waals surface area contributed by atoms with E-state index in [1.807, 2.05) is 19.9 Å². The van der Waals surface area contributed by atoms with Gasteiger partial charge in [0.2, 0.25) is 11.7 Å². The molecule has 0 saturated heterocycles. The van der Waals surface area contributed by atoms with Crippen molar-refractivity contribution < 1.29 is 17.9 Å². The number of hydrogen-bond acceptors (Lipinski definition) is 4. The van der Waals surface area contributed by atoms with Crippen molar-refractivity contribution in [1.29, 1.82) is 0 Å². The van der Waals surface area contributed by atoms with E-state index in [4.69, 9.17) is 4.74 Å². The van der Waals surface area contributed by atoms with Gasteiger partial charge in [-0.15, -0.1) is 0 Å². The van der Waals surface area contributed by atoms with E-state index in [1.54, 1.807) is 12.1 Å². The van der Waals surface area contributed by atoms with Crippen LogP contribution in [0.4, 0.5) is 19.0 Å². The molecule has 0 atom stereocenters. The molecule has 2 aromatic rings. The lowest BCUT2D eigenvalue weighted by Crippen LogP contribution is -2.13.